The maximum Gasteiger partial charge on any atom is 0.344 e. The van der Waals surface area contributed by atoms with E-state index in [2.05, 4.69) is 15.9 Å². The number of hydrogen-bond donors (Lipinski definition) is 0. The maximum atomic E-state index is 12.9. The fraction of sp³-hybridized carbons (Fsp3) is 0.0667. The molecule has 0 aliphatic heterocycles. The van der Waals surface area contributed by atoms with Gasteiger partial charge in [0.25, 0.3) is 0 Å². The smallest absolute Gasteiger partial charge is 0.344 e. The third kappa shape index (κ3) is 3.30. The molecule has 0 atom stereocenters. The minimum atomic E-state index is -0.604. The first-order chi connectivity index (χ1) is 9.47. The van der Waals surface area contributed by atoms with Gasteiger partial charge in [-0.3, -0.25) is 4.79 Å². The summed E-state index contributed by atoms with van der Waals surface area (Å²) in [7, 11) is 0. The number of ketones is 1. The number of carbonyl (C=O) groups excluding carboxylic acids is 2. The molecule has 2 rings (SSSR count). The Kier molecular flexibility index (Phi) is 4.29. The van der Waals surface area contributed by atoms with Gasteiger partial charge in [0.2, 0.25) is 0 Å². The van der Waals surface area contributed by atoms with Gasteiger partial charge in [-0.15, -0.1) is 0 Å². The molecule has 3 nitrogen and oxygen atoms in total. The van der Waals surface area contributed by atoms with E-state index in [0.717, 1.165) is 0 Å². The summed E-state index contributed by atoms with van der Waals surface area (Å²) in [5.74, 6) is -0.799. The third-order valence-electron chi connectivity index (χ3n) is 2.62. The molecule has 0 spiro atoms. The standard InChI is InChI=1S/C15H10BrFO3/c1-9(18)10-2-5-12(6-3-10)20-15(19)13-7-4-11(17)8-14(13)16/h2-8H,1H3. The van der Waals surface area contributed by atoms with Crippen LogP contribution in [0, 0.1) is 5.82 Å². The Morgan fingerprint density at radius 3 is 2.30 bits per heavy atom. The van der Waals surface area contributed by atoms with E-state index < -0.39 is 11.8 Å². The zero-order valence-electron chi connectivity index (χ0n) is 10.5. The van der Waals surface area contributed by atoms with Gasteiger partial charge in [0, 0.05) is 10.0 Å². The number of Topliss-reactive ketones (excluding diaryl/α,β-unsaturated/α-hetero) is 1. The molecule has 0 radical (unpaired) electrons. The zero-order valence-corrected chi connectivity index (χ0v) is 12.1. The molecule has 0 heterocycles. The average molecular weight is 337 g/mol. The first-order valence-electron chi connectivity index (χ1n) is 5.75. The van der Waals surface area contributed by atoms with Crippen molar-refractivity contribution >= 4 is 27.7 Å². The van der Waals surface area contributed by atoms with Crippen LogP contribution >= 0.6 is 15.9 Å². The first-order valence-corrected chi connectivity index (χ1v) is 6.55. The van der Waals surface area contributed by atoms with Crippen molar-refractivity contribution in [2.75, 3.05) is 0 Å². The number of halogens is 2. The van der Waals surface area contributed by atoms with Gasteiger partial charge in [-0.1, -0.05) is 0 Å². The molecular formula is C15H10BrFO3. The zero-order chi connectivity index (χ0) is 14.7. The predicted octanol–water partition coefficient (Wildman–Crippen LogP) is 4.01. The fourth-order valence-electron chi connectivity index (χ4n) is 1.57. The van der Waals surface area contributed by atoms with E-state index in [9.17, 15) is 14.0 Å². The summed E-state index contributed by atoms with van der Waals surface area (Å²) < 4.78 is 18.4. The maximum absolute atomic E-state index is 12.9. The fourth-order valence-corrected chi connectivity index (χ4v) is 2.09. The highest BCUT2D eigenvalue weighted by Crippen LogP contribution is 2.21. The second kappa shape index (κ2) is 5.96. The lowest BCUT2D eigenvalue weighted by Crippen LogP contribution is -2.09. The molecule has 0 bridgehead atoms. The van der Waals surface area contributed by atoms with Crippen LogP contribution in [0.4, 0.5) is 4.39 Å². The lowest BCUT2D eigenvalue weighted by molar-refractivity contribution is 0.0733. The molecule has 2 aromatic carbocycles. The molecule has 0 N–H and O–H groups in total. The molecule has 0 aromatic heterocycles. The number of hydrogen-bond acceptors (Lipinski definition) is 3. The van der Waals surface area contributed by atoms with E-state index in [0.29, 0.717) is 15.8 Å². The van der Waals surface area contributed by atoms with E-state index in [4.69, 9.17) is 4.74 Å². The summed E-state index contributed by atoms with van der Waals surface area (Å²) in [6.45, 7) is 1.46. The molecule has 0 saturated heterocycles. The highest BCUT2D eigenvalue weighted by atomic mass is 79.9. The van der Waals surface area contributed by atoms with Gasteiger partial charge in [-0.2, -0.15) is 0 Å². The Balaban J connectivity index is 2.17. The summed E-state index contributed by atoms with van der Waals surface area (Å²) in [5, 5.41) is 0. The second-order valence-electron chi connectivity index (χ2n) is 4.09. The molecule has 20 heavy (non-hydrogen) atoms. The van der Waals surface area contributed by atoms with Crippen molar-refractivity contribution in [2.24, 2.45) is 0 Å². The molecular weight excluding hydrogens is 327 g/mol. The van der Waals surface area contributed by atoms with Crippen molar-refractivity contribution < 1.29 is 18.7 Å². The van der Waals surface area contributed by atoms with E-state index in [1.807, 2.05) is 0 Å². The topological polar surface area (TPSA) is 43.4 Å². The number of carbonyl (C=O) groups is 2. The van der Waals surface area contributed by atoms with E-state index in [1.54, 1.807) is 12.1 Å². The van der Waals surface area contributed by atoms with Crippen LogP contribution in [0.2, 0.25) is 0 Å². The quantitative estimate of drug-likeness (QED) is 0.483. The van der Waals surface area contributed by atoms with Gasteiger partial charge >= 0.3 is 5.97 Å². The molecule has 0 aliphatic carbocycles. The van der Waals surface area contributed by atoms with Gasteiger partial charge < -0.3 is 4.74 Å². The monoisotopic (exact) mass is 336 g/mol. The Bertz CT molecular complexity index is 665. The van der Waals surface area contributed by atoms with Crippen molar-refractivity contribution in [1.29, 1.82) is 0 Å². The summed E-state index contributed by atoms with van der Waals surface area (Å²) in [4.78, 5) is 23.1. The second-order valence-corrected chi connectivity index (χ2v) is 4.95. The van der Waals surface area contributed by atoms with Gasteiger partial charge in [-0.05, 0) is 65.3 Å². The van der Waals surface area contributed by atoms with Crippen LogP contribution < -0.4 is 4.74 Å². The van der Waals surface area contributed by atoms with Crippen LogP contribution in [-0.4, -0.2) is 11.8 Å². The normalized spacial score (nSPS) is 10.2. The summed E-state index contributed by atoms with van der Waals surface area (Å²) in [6.07, 6.45) is 0. The van der Waals surface area contributed by atoms with Gasteiger partial charge in [0.15, 0.2) is 5.78 Å². The van der Waals surface area contributed by atoms with Crippen molar-refractivity contribution in [3.05, 3.63) is 63.9 Å². The summed E-state index contributed by atoms with van der Waals surface area (Å²) >= 11 is 3.11. The van der Waals surface area contributed by atoms with Crippen molar-refractivity contribution in [2.45, 2.75) is 6.92 Å². The molecule has 0 aliphatic rings. The van der Waals surface area contributed by atoms with Gasteiger partial charge in [-0.25, -0.2) is 9.18 Å². The lowest BCUT2D eigenvalue weighted by atomic mass is 10.1. The molecule has 5 heteroatoms. The Labute approximate surface area is 123 Å². The minimum absolute atomic E-state index is 0.0656. The highest BCUT2D eigenvalue weighted by molar-refractivity contribution is 9.10. The van der Waals surface area contributed by atoms with E-state index in [-0.39, 0.29) is 11.3 Å². The predicted molar refractivity (Wildman–Crippen MR) is 75.5 cm³/mol. The van der Waals surface area contributed by atoms with Gasteiger partial charge in [0.1, 0.15) is 11.6 Å². The van der Waals surface area contributed by atoms with Crippen LogP contribution in [-0.2, 0) is 0 Å². The lowest BCUT2D eigenvalue weighted by Gasteiger charge is -2.06. The number of benzene rings is 2. The first kappa shape index (κ1) is 14.4. The van der Waals surface area contributed by atoms with Crippen LogP contribution in [0.3, 0.4) is 0 Å². The molecule has 102 valence electrons. The van der Waals surface area contributed by atoms with Crippen molar-refractivity contribution in [3.63, 3.8) is 0 Å². The molecule has 0 amide bonds. The van der Waals surface area contributed by atoms with Crippen LogP contribution in [0.5, 0.6) is 5.75 Å². The van der Waals surface area contributed by atoms with E-state index in [1.165, 1.54) is 37.3 Å². The average Bonchev–Trinajstić information content (AvgIpc) is 2.39. The Hall–Kier alpha value is -2.01. The molecule has 2 aromatic rings. The number of rotatable bonds is 3. The van der Waals surface area contributed by atoms with Crippen LogP contribution in [0.25, 0.3) is 0 Å². The highest BCUT2D eigenvalue weighted by Gasteiger charge is 2.13. The Morgan fingerprint density at radius 1 is 1.10 bits per heavy atom. The van der Waals surface area contributed by atoms with Crippen molar-refractivity contribution in [3.8, 4) is 5.75 Å². The molecule has 0 unspecified atom stereocenters. The van der Waals surface area contributed by atoms with Crippen LogP contribution in [0.15, 0.2) is 46.9 Å². The largest absolute Gasteiger partial charge is 0.423 e. The molecule has 0 fully saturated rings. The van der Waals surface area contributed by atoms with Crippen LogP contribution in [0.1, 0.15) is 27.6 Å². The molecule has 0 saturated carbocycles. The minimum Gasteiger partial charge on any atom is -0.423 e. The number of ether oxygens (including phenoxy) is 1. The third-order valence-corrected chi connectivity index (χ3v) is 3.28. The van der Waals surface area contributed by atoms with E-state index >= 15 is 0 Å². The SMILES string of the molecule is CC(=O)c1ccc(OC(=O)c2ccc(F)cc2Br)cc1. The van der Waals surface area contributed by atoms with Gasteiger partial charge in [0.05, 0.1) is 5.56 Å². The van der Waals surface area contributed by atoms with Crippen molar-refractivity contribution in [1.82, 2.24) is 0 Å². The summed E-state index contributed by atoms with van der Waals surface area (Å²) in [5.41, 5.74) is 0.759. The summed E-state index contributed by atoms with van der Waals surface area (Å²) in [6, 6.07) is 9.93. The number of esters is 1. The Morgan fingerprint density at radius 2 is 1.75 bits per heavy atom.